The summed E-state index contributed by atoms with van der Waals surface area (Å²) < 4.78 is 5.39. The molecule has 2 amide bonds. The molecule has 1 aromatic rings. The fourth-order valence-electron chi connectivity index (χ4n) is 4.28. The van der Waals surface area contributed by atoms with Crippen LogP contribution in [0.4, 0.5) is 0 Å². The Morgan fingerprint density at radius 3 is 2.61 bits per heavy atom. The maximum Gasteiger partial charge on any atom is 0.306 e. The van der Waals surface area contributed by atoms with E-state index in [4.69, 9.17) is 4.74 Å². The van der Waals surface area contributed by atoms with E-state index in [0.29, 0.717) is 25.8 Å². The number of benzene rings is 1. The first-order valence-corrected chi connectivity index (χ1v) is 11.8. The van der Waals surface area contributed by atoms with Gasteiger partial charge < -0.3 is 20.1 Å². The lowest BCUT2D eigenvalue weighted by atomic mass is 9.86. The Hall–Kier alpha value is -2.67. The molecule has 1 aromatic carbocycles. The number of ether oxygens (including phenoxy) is 1. The summed E-state index contributed by atoms with van der Waals surface area (Å²) in [4.78, 5) is 40.2. The van der Waals surface area contributed by atoms with Crippen molar-refractivity contribution in [3.05, 3.63) is 47.5 Å². The summed E-state index contributed by atoms with van der Waals surface area (Å²) in [5.74, 6) is -1.17. The lowest BCUT2D eigenvalue weighted by molar-refractivity contribution is -0.146. The molecule has 0 saturated heterocycles. The molecule has 0 spiro atoms. The zero-order chi connectivity index (χ0) is 24.0. The van der Waals surface area contributed by atoms with Crippen LogP contribution in [0.3, 0.4) is 0 Å². The number of aliphatic hydroxyl groups excluding tert-OH is 1. The van der Waals surface area contributed by atoms with E-state index in [1.807, 2.05) is 57.2 Å². The second-order valence-electron chi connectivity index (χ2n) is 10.1. The van der Waals surface area contributed by atoms with Gasteiger partial charge >= 0.3 is 5.97 Å². The molecule has 0 aromatic heterocycles. The van der Waals surface area contributed by atoms with Crippen LogP contribution < -0.4 is 5.32 Å². The number of allylic oxidation sites excluding steroid dienone is 2. The van der Waals surface area contributed by atoms with E-state index in [0.717, 1.165) is 11.1 Å². The standard InChI is InChI=1S/C26H36N2O5/c1-26(2,3)22-17-33-24(31)12-6-4-5-10-19(25(32)27-22)14-23(30)28-15-20-11-8-7-9-18(20)13-21(28)16-29/h4-5,7-9,11,19,21-22,29H,6,10,12-17H2,1-3H3,(H,27,32). The molecule has 3 rings (SSSR count). The number of aliphatic hydroxyl groups is 1. The van der Waals surface area contributed by atoms with Crippen molar-refractivity contribution in [3.63, 3.8) is 0 Å². The minimum Gasteiger partial charge on any atom is -0.463 e. The number of carbonyl (C=O) groups excluding carboxylic acids is 3. The number of hydrogen-bond acceptors (Lipinski definition) is 5. The highest BCUT2D eigenvalue weighted by molar-refractivity contribution is 5.86. The van der Waals surface area contributed by atoms with Gasteiger partial charge in [-0.25, -0.2) is 0 Å². The van der Waals surface area contributed by atoms with Crippen molar-refractivity contribution in [3.8, 4) is 0 Å². The number of nitrogens with zero attached hydrogens (tertiary/aromatic N) is 1. The summed E-state index contributed by atoms with van der Waals surface area (Å²) in [6.07, 6.45) is 5.64. The van der Waals surface area contributed by atoms with E-state index in [9.17, 15) is 19.5 Å². The molecule has 0 aliphatic carbocycles. The highest BCUT2D eigenvalue weighted by Gasteiger charge is 2.34. The maximum absolute atomic E-state index is 13.3. The quantitative estimate of drug-likeness (QED) is 0.539. The molecule has 7 nitrogen and oxygen atoms in total. The second-order valence-corrected chi connectivity index (χ2v) is 10.1. The van der Waals surface area contributed by atoms with Gasteiger partial charge in [-0.05, 0) is 35.8 Å². The third-order valence-corrected chi connectivity index (χ3v) is 6.55. The maximum atomic E-state index is 13.3. The van der Waals surface area contributed by atoms with E-state index in [2.05, 4.69) is 5.32 Å². The molecule has 2 aliphatic rings. The van der Waals surface area contributed by atoms with Gasteiger partial charge in [-0.1, -0.05) is 57.2 Å². The minimum absolute atomic E-state index is 0.0610. The van der Waals surface area contributed by atoms with Gasteiger partial charge in [-0.15, -0.1) is 0 Å². The summed E-state index contributed by atoms with van der Waals surface area (Å²) in [5.41, 5.74) is 1.91. The van der Waals surface area contributed by atoms with Crippen molar-refractivity contribution in [2.24, 2.45) is 11.3 Å². The van der Waals surface area contributed by atoms with Gasteiger partial charge in [0.05, 0.1) is 24.6 Å². The molecule has 2 heterocycles. The number of fused-ring (bicyclic) bond motifs is 1. The highest BCUT2D eigenvalue weighted by atomic mass is 16.5. The van der Waals surface area contributed by atoms with Gasteiger partial charge in [0.1, 0.15) is 6.61 Å². The summed E-state index contributed by atoms with van der Waals surface area (Å²) >= 11 is 0. The number of hydrogen-bond donors (Lipinski definition) is 2. The molecule has 3 atom stereocenters. The number of cyclic esters (lactones) is 1. The minimum atomic E-state index is -0.537. The van der Waals surface area contributed by atoms with Crippen LogP contribution in [0.15, 0.2) is 36.4 Å². The molecule has 0 saturated carbocycles. The predicted octanol–water partition coefficient (Wildman–Crippen LogP) is 2.75. The van der Waals surface area contributed by atoms with Crippen LogP contribution in [0.25, 0.3) is 0 Å². The van der Waals surface area contributed by atoms with Crippen molar-refractivity contribution >= 4 is 17.8 Å². The number of esters is 1. The number of nitrogens with one attached hydrogen (secondary N) is 1. The molecule has 2 aliphatic heterocycles. The molecule has 0 fully saturated rings. The van der Waals surface area contributed by atoms with Gasteiger partial charge in [-0.3, -0.25) is 14.4 Å². The lowest BCUT2D eigenvalue weighted by Gasteiger charge is -2.37. The van der Waals surface area contributed by atoms with Gasteiger partial charge in [0.15, 0.2) is 0 Å². The van der Waals surface area contributed by atoms with E-state index < -0.39 is 5.92 Å². The van der Waals surface area contributed by atoms with E-state index >= 15 is 0 Å². The topological polar surface area (TPSA) is 95.9 Å². The summed E-state index contributed by atoms with van der Waals surface area (Å²) in [7, 11) is 0. The Balaban J connectivity index is 1.77. The molecule has 0 radical (unpaired) electrons. The lowest BCUT2D eigenvalue weighted by Crippen LogP contribution is -2.50. The molecule has 180 valence electrons. The van der Waals surface area contributed by atoms with Crippen LogP contribution in [0.1, 0.15) is 57.6 Å². The summed E-state index contributed by atoms with van der Waals surface area (Å²) in [6.45, 7) is 6.37. The number of carbonyl (C=O) groups is 3. The third kappa shape index (κ3) is 6.67. The monoisotopic (exact) mass is 456 g/mol. The summed E-state index contributed by atoms with van der Waals surface area (Å²) in [6, 6.07) is 7.30. The normalized spacial score (nSPS) is 24.7. The number of rotatable bonds is 3. The Bertz CT molecular complexity index is 889. The SMILES string of the molecule is CC(C)(C)C1COC(=O)CCC=CCC(CC(=O)N2Cc3ccccc3CC2CO)C(=O)N1. The predicted molar refractivity (Wildman–Crippen MR) is 125 cm³/mol. The van der Waals surface area contributed by atoms with Crippen LogP contribution in [0.2, 0.25) is 0 Å². The molecule has 3 unspecified atom stereocenters. The first kappa shape index (κ1) is 25.0. The van der Waals surface area contributed by atoms with E-state index in [1.54, 1.807) is 4.90 Å². The average molecular weight is 457 g/mol. The van der Waals surface area contributed by atoms with Gasteiger partial charge in [-0.2, -0.15) is 0 Å². The molecular weight excluding hydrogens is 420 g/mol. The smallest absolute Gasteiger partial charge is 0.306 e. The highest BCUT2D eigenvalue weighted by Crippen LogP contribution is 2.26. The Morgan fingerprint density at radius 1 is 1.18 bits per heavy atom. The van der Waals surface area contributed by atoms with Crippen LogP contribution >= 0.6 is 0 Å². The molecular formula is C26H36N2O5. The Labute approximate surface area is 196 Å². The average Bonchev–Trinajstić information content (AvgIpc) is 2.77. The molecule has 7 heteroatoms. The van der Waals surface area contributed by atoms with Crippen LogP contribution in [0.5, 0.6) is 0 Å². The summed E-state index contributed by atoms with van der Waals surface area (Å²) in [5, 5.41) is 12.9. The Morgan fingerprint density at radius 2 is 1.91 bits per heavy atom. The fourth-order valence-corrected chi connectivity index (χ4v) is 4.28. The molecule has 33 heavy (non-hydrogen) atoms. The number of amides is 2. The van der Waals surface area contributed by atoms with Gasteiger partial charge in [0.2, 0.25) is 11.8 Å². The van der Waals surface area contributed by atoms with Crippen LogP contribution in [0, 0.1) is 11.3 Å². The van der Waals surface area contributed by atoms with Crippen molar-refractivity contribution in [2.75, 3.05) is 13.2 Å². The van der Waals surface area contributed by atoms with Crippen molar-refractivity contribution in [2.45, 2.75) is 71.5 Å². The third-order valence-electron chi connectivity index (χ3n) is 6.55. The fraction of sp³-hybridized carbons (Fsp3) is 0.577. The first-order valence-electron chi connectivity index (χ1n) is 11.8. The zero-order valence-corrected chi connectivity index (χ0v) is 19.9. The zero-order valence-electron chi connectivity index (χ0n) is 19.9. The van der Waals surface area contributed by atoms with E-state index in [1.165, 1.54) is 0 Å². The Kier molecular flexibility index (Phi) is 8.30. The van der Waals surface area contributed by atoms with Crippen molar-refractivity contribution in [1.82, 2.24) is 10.2 Å². The molecule has 2 N–H and O–H groups in total. The van der Waals surface area contributed by atoms with E-state index in [-0.39, 0.29) is 61.3 Å². The van der Waals surface area contributed by atoms with Crippen molar-refractivity contribution < 1.29 is 24.2 Å². The molecule has 0 bridgehead atoms. The van der Waals surface area contributed by atoms with Gasteiger partial charge in [0, 0.05) is 19.4 Å². The largest absolute Gasteiger partial charge is 0.463 e. The van der Waals surface area contributed by atoms with Crippen LogP contribution in [-0.2, 0) is 32.1 Å². The van der Waals surface area contributed by atoms with Crippen molar-refractivity contribution in [1.29, 1.82) is 0 Å². The second kappa shape index (κ2) is 11.0. The van der Waals surface area contributed by atoms with Crippen LogP contribution in [-0.4, -0.2) is 53.1 Å². The van der Waals surface area contributed by atoms with Gasteiger partial charge in [0.25, 0.3) is 0 Å². The first-order chi connectivity index (χ1) is 15.7.